The Morgan fingerprint density at radius 1 is 1.27 bits per heavy atom. The molecule has 7 heteroatoms. The van der Waals surface area contributed by atoms with Crippen LogP contribution in [0.4, 0.5) is 0 Å². The van der Waals surface area contributed by atoms with Crippen molar-refractivity contribution in [2.75, 3.05) is 13.1 Å². The van der Waals surface area contributed by atoms with Crippen LogP contribution in [0.5, 0.6) is 0 Å². The zero-order chi connectivity index (χ0) is 15.7. The molecule has 0 aliphatic carbocycles. The third-order valence-corrected chi connectivity index (χ3v) is 4.18. The molecule has 1 amide bonds. The summed E-state index contributed by atoms with van der Waals surface area (Å²) in [6, 6.07) is 0. The van der Waals surface area contributed by atoms with Gasteiger partial charge in [-0.25, -0.2) is 0 Å². The SMILES string of the molecule is Cc1noc([C@H]2CCCN(C(=O)Cc3c(C)noc3C)C2)n1. The fourth-order valence-corrected chi connectivity index (χ4v) is 2.90. The van der Waals surface area contributed by atoms with Crippen LogP contribution in [0.1, 0.15) is 47.5 Å². The molecular formula is C15H20N4O3. The molecule has 0 unspecified atom stereocenters. The van der Waals surface area contributed by atoms with E-state index in [1.54, 1.807) is 6.92 Å². The first kappa shape index (κ1) is 14.7. The Balaban J connectivity index is 1.68. The van der Waals surface area contributed by atoms with E-state index in [9.17, 15) is 4.79 Å². The lowest BCUT2D eigenvalue weighted by Gasteiger charge is -2.31. The number of rotatable bonds is 3. The van der Waals surface area contributed by atoms with E-state index < -0.39 is 0 Å². The number of hydrogen-bond donors (Lipinski definition) is 0. The molecular weight excluding hydrogens is 284 g/mol. The van der Waals surface area contributed by atoms with Crippen molar-refractivity contribution in [1.29, 1.82) is 0 Å². The van der Waals surface area contributed by atoms with Crippen LogP contribution in [0.2, 0.25) is 0 Å². The zero-order valence-corrected chi connectivity index (χ0v) is 13.1. The Bertz CT molecular complexity index is 657. The van der Waals surface area contributed by atoms with Crippen LogP contribution >= 0.6 is 0 Å². The number of aromatic nitrogens is 3. The highest BCUT2D eigenvalue weighted by Crippen LogP contribution is 2.26. The molecule has 0 radical (unpaired) electrons. The maximum absolute atomic E-state index is 12.5. The lowest BCUT2D eigenvalue weighted by atomic mass is 9.97. The Hall–Kier alpha value is -2.18. The molecule has 0 bridgehead atoms. The van der Waals surface area contributed by atoms with Crippen LogP contribution in [0.3, 0.4) is 0 Å². The fraction of sp³-hybridized carbons (Fsp3) is 0.600. The molecule has 1 fully saturated rings. The van der Waals surface area contributed by atoms with E-state index in [4.69, 9.17) is 9.05 Å². The van der Waals surface area contributed by atoms with Gasteiger partial charge in [-0.2, -0.15) is 4.98 Å². The quantitative estimate of drug-likeness (QED) is 0.861. The Labute approximate surface area is 128 Å². The van der Waals surface area contributed by atoms with E-state index in [1.165, 1.54) is 0 Å². The smallest absolute Gasteiger partial charge is 0.231 e. The molecule has 0 aromatic carbocycles. The lowest BCUT2D eigenvalue weighted by Crippen LogP contribution is -2.40. The van der Waals surface area contributed by atoms with Crippen LogP contribution in [0, 0.1) is 20.8 Å². The van der Waals surface area contributed by atoms with Crippen molar-refractivity contribution in [3.63, 3.8) is 0 Å². The number of piperidine rings is 1. The standard InChI is InChI=1S/C15H20N4O3/c1-9-13(10(2)21-17-9)7-14(20)19-6-4-5-12(8-19)15-16-11(3)18-22-15/h12H,4-8H2,1-3H3/t12-/m0/s1. The third-order valence-electron chi connectivity index (χ3n) is 4.18. The summed E-state index contributed by atoms with van der Waals surface area (Å²) in [5.74, 6) is 2.20. The molecule has 0 N–H and O–H groups in total. The second kappa shape index (κ2) is 5.90. The average Bonchev–Trinajstić information content (AvgIpc) is 3.08. The van der Waals surface area contributed by atoms with Gasteiger partial charge in [0.15, 0.2) is 5.82 Å². The van der Waals surface area contributed by atoms with Gasteiger partial charge in [0.05, 0.1) is 18.0 Å². The molecule has 2 aromatic rings. The highest BCUT2D eigenvalue weighted by Gasteiger charge is 2.29. The minimum absolute atomic E-state index is 0.0929. The maximum atomic E-state index is 12.5. The maximum Gasteiger partial charge on any atom is 0.231 e. The van der Waals surface area contributed by atoms with Gasteiger partial charge in [0.1, 0.15) is 5.76 Å². The van der Waals surface area contributed by atoms with E-state index in [0.29, 0.717) is 30.4 Å². The Morgan fingerprint density at radius 3 is 2.73 bits per heavy atom. The van der Waals surface area contributed by atoms with Gasteiger partial charge in [0, 0.05) is 18.7 Å². The summed E-state index contributed by atoms with van der Waals surface area (Å²) in [6.07, 6.45) is 2.24. The molecule has 118 valence electrons. The summed E-state index contributed by atoms with van der Waals surface area (Å²) in [7, 11) is 0. The summed E-state index contributed by atoms with van der Waals surface area (Å²) in [4.78, 5) is 18.7. The minimum atomic E-state index is 0.0929. The summed E-state index contributed by atoms with van der Waals surface area (Å²) in [5, 5.41) is 7.74. The molecule has 0 spiro atoms. The largest absolute Gasteiger partial charge is 0.361 e. The highest BCUT2D eigenvalue weighted by molar-refractivity contribution is 5.79. The van der Waals surface area contributed by atoms with Gasteiger partial charge in [-0.1, -0.05) is 10.3 Å². The summed E-state index contributed by atoms with van der Waals surface area (Å²) < 4.78 is 10.4. The second-order valence-electron chi connectivity index (χ2n) is 5.84. The zero-order valence-electron chi connectivity index (χ0n) is 13.1. The van der Waals surface area contributed by atoms with Crippen molar-refractivity contribution in [2.24, 2.45) is 0 Å². The molecule has 3 heterocycles. The number of nitrogens with zero attached hydrogens (tertiary/aromatic N) is 4. The predicted molar refractivity (Wildman–Crippen MR) is 77.3 cm³/mol. The molecule has 1 aliphatic rings. The fourth-order valence-electron chi connectivity index (χ4n) is 2.90. The van der Waals surface area contributed by atoms with Gasteiger partial charge in [-0.05, 0) is 33.6 Å². The van der Waals surface area contributed by atoms with Crippen LogP contribution < -0.4 is 0 Å². The van der Waals surface area contributed by atoms with Gasteiger partial charge in [0.2, 0.25) is 11.8 Å². The minimum Gasteiger partial charge on any atom is -0.361 e. The van der Waals surface area contributed by atoms with E-state index >= 15 is 0 Å². The number of likely N-dealkylation sites (tertiary alicyclic amines) is 1. The number of hydrogen-bond acceptors (Lipinski definition) is 6. The van der Waals surface area contributed by atoms with Crippen molar-refractivity contribution in [3.8, 4) is 0 Å². The first-order chi connectivity index (χ1) is 10.5. The second-order valence-corrected chi connectivity index (χ2v) is 5.84. The lowest BCUT2D eigenvalue weighted by molar-refractivity contribution is -0.131. The van der Waals surface area contributed by atoms with E-state index in [2.05, 4.69) is 15.3 Å². The molecule has 7 nitrogen and oxygen atoms in total. The van der Waals surface area contributed by atoms with Gasteiger partial charge in [0.25, 0.3) is 0 Å². The molecule has 22 heavy (non-hydrogen) atoms. The van der Waals surface area contributed by atoms with Gasteiger partial charge < -0.3 is 13.9 Å². The highest BCUT2D eigenvalue weighted by atomic mass is 16.5. The average molecular weight is 304 g/mol. The van der Waals surface area contributed by atoms with Crippen molar-refractivity contribution >= 4 is 5.91 Å². The van der Waals surface area contributed by atoms with Crippen LogP contribution in [0.25, 0.3) is 0 Å². The van der Waals surface area contributed by atoms with Crippen LogP contribution in [-0.2, 0) is 11.2 Å². The van der Waals surface area contributed by atoms with E-state index in [0.717, 1.165) is 30.6 Å². The number of carbonyl (C=O) groups excluding carboxylic acids is 1. The van der Waals surface area contributed by atoms with Gasteiger partial charge >= 0.3 is 0 Å². The summed E-state index contributed by atoms with van der Waals surface area (Å²) in [5.41, 5.74) is 1.67. The van der Waals surface area contributed by atoms with Gasteiger partial charge in [-0.3, -0.25) is 4.79 Å². The summed E-state index contributed by atoms with van der Waals surface area (Å²) >= 11 is 0. The van der Waals surface area contributed by atoms with Crippen molar-refractivity contribution in [2.45, 2.75) is 46.0 Å². The Morgan fingerprint density at radius 2 is 2.09 bits per heavy atom. The van der Waals surface area contributed by atoms with Gasteiger partial charge in [-0.15, -0.1) is 0 Å². The number of carbonyl (C=O) groups is 1. The van der Waals surface area contributed by atoms with E-state index in [-0.39, 0.29) is 11.8 Å². The van der Waals surface area contributed by atoms with Crippen molar-refractivity contribution in [1.82, 2.24) is 20.2 Å². The Kier molecular flexibility index (Phi) is 3.96. The third kappa shape index (κ3) is 2.88. The van der Waals surface area contributed by atoms with Crippen LogP contribution in [0.15, 0.2) is 9.05 Å². The molecule has 3 rings (SSSR count). The molecule has 1 saturated heterocycles. The normalized spacial score (nSPS) is 18.7. The number of aryl methyl sites for hydroxylation is 3. The summed E-state index contributed by atoms with van der Waals surface area (Å²) in [6.45, 7) is 6.90. The molecule has 1 aliphatic heterocycles. The molecule has 1 atom stereocenters. The van der Waals surface area contributed by atoms with Crippen molar-refractivity contribution < 1.29 is 13.8 Å². The first-order valence-corrected chi connectivity index (χ1v) is 7.54. The predicted octanol–water partition coefficient (Wildman–Crippen LogP) is 1.93. The molecule has 2 aromatic heterocycles. The first-order valence-electron chi connectivity index (χ1n) is 7.54. The number of amides is 1. The van der Waals surface area contributed by atoms with E-state index in [1.807, 2.05) is 18.7 Å². The topological polar surface area (TPSA) is 85.3 Å². The molecule has 0 saturated carbocycles. The monoisotopic (exact) mass is 304 g/mol. The van der Waals surface area contributed by atoms with Crippen LogP contribution in [-0.4, -0.2) is 39.2 Å². The van der Waals surface area contributed by atoms with Crippen molar-refractivity contribution in [3.05, 3.63) is 28.7 Å².